The van der Waals surface area contributed by atoms with Crippen molar-refractivity contribution < 1.29 is 68.9 Å². The quantitative estimate of drug-likeness (QED) is 0.0306. The lowest BCUT2D eigenvalue weighted by atomic mass is 10.0. The summed E-state index contributed by atoms with van der Waals surface area (Å²) >= 11 is 0. The summed E-state index contributed by atoms with van der Waals surface area (Å²) in [5.74, 6) is -5.71. The Labute approximate surface area is 363 Å². The molecule has 0 radical (unpaired) electrons. The van der Waals surface area contributed by atoms with Gasteiger partial charge in [-0.25, -0.2) is 0 Å². The van der Waals surface area contributed by atoms with Gasteiger partial charge in [0.2, 0.25) is 17.7 Å². The Hall–Kier alpha value is -4.19. The molecule has 3 atom stereocenters. The standard InChI is InChI=1S/C41H69N7O14/c1-28(55)34(10-5-13-42-37(56)29(22-49)23-50)47-18-16-46(35(40(59)61-2)11-6-14-43-38(57)30(24-51)25-52)17-19-48(21-33-9-4-8-32(20-47)45-33)36(41(60)62-3)12-7-15-44-39(58)31(26-53)27-54/h4,8-9,29-31,34-36,49-54H,5-7,10-27H2,1-3H3,(H,42,56)(H,43,57)(H,44,58). The van der Waals surface area contributed by atoms with Crippen LogP contribution in [-0.2, 0) is 51.3 Å². The Kier molecular flexibility index (Phi) is 26.1. The molecule has 0 saturated heterocycles. The van der Waals surface area contributed by atoms with Crippen LogP contribution in [0.2, 0.25) is 0 Å². The number of nitrogens with one attached hydrogen (secondary N) is 3. The molecule has 0 aliphatic carbocycles. The van der Waals surface area contributed by atoms with Crippen LogP contribution < -0.4 is 16.0 Å². The third kappa shape index (κ3) is 17.9. The van der Waals surface area contributed by atoms with E-state index < -0.39 is 105 Å². The van der Waals surface area contributed by atoms with Gasteiger partial charge in [-0.15, -0.1) is 0 Å². The molecule has 21 nitrogen and oxygen atoms in total. The fraction of sp³-hybridized carbons (Fsp3) is 0.732. The summed E-state index contributed by atoms with van der Waals surface area (Å²) < 4.78 is 10.5. The van der Waals surface area contributed by atoms with Crippen molar-refractivity contribution in [1.29, 1.82) is 0 Å². The van der Waals surface area contributed by atoms with Gasteiger partial charge in [0.05, 0.1) is 89.0 Å². The summed E-state index contributed by atoms with van der Waals surface area (Å²) in [6, 6.07) is 3.17. The van der Waals surface area contributed by atoms with Crippen molar-refractivity contribution in [2.45, 2.75) is 76.7 Å². The average Bonchev–Trinajstić information content (AvgIpc) is 3.26. The predicted molar refractivity (Wildman–Crippen MR) is 222 cm³/mol. The van der Waals surface area contributed by atoms with Gasteiger partial charge in [-0.1, -0.05) is 6.07 Å². The number of carbonyl (C=O) groups excluding carboxylic acids is 6. The summed E-state index contributed by atoms with van der Waals surface area (Å²) in [5.41, 5.74) is 1.24. The maximum absolute atomic E-state index is 13.6. The molecule has 352 valence electrons. The number of pyridine rings is 1. The highest BCUT2D eigenvalue weighted by Crippen LogP contribution is 2.20. The average molecular weight is 884 g/mol. The number of aliphatic hydroxyl groups excluding tert-OH is 6. The Morgan fingerprint density at radius 1 is 0.565 bits per heavy atom. The van der Waals surface area contributed by atoms with Gasteiger partial charge in [0.15, 0.2) is 0 Å². The van der Waals surface area contributed by atoms with E-state index in [1.54, 1.807) is 0 Å². The second-order valence-corrected chi connectivity index (χ2v) is 15.3. The molecule has 62 heavy (non-hydrogen) atoms. The molecule has 0 aromatic carbocycles. The number of aromatic nitrogens is 1. The number of aliphatic hydroxyl groups is 6. The number of hydrogen-bond acceptors (Lipinski definition) is 18. The fourth-order valence-electron chi connectivity index (χ4n) is 7.19. The normalized spacial score (nSPS) is 15.9. The number of rotatable bonds is 27. The first-order valence-electron chi connectivity index (χ1n) is 21.1. The third-order valence-corrected chi connectivity index (χ3v) is 11.0. The number of Topliss-reactive ketones (excluding diaryl/α,β-unsaturated/α-hetero) is 1. The molecule has 3 unspecified atom stereocenters. The van der Waals surface area contributed by atoms with Gasteiger partial charge >= 0.3 is 11.9 Å². The third-order valence-electron chi connectivity index (χ3n) is 11.0. The summed E-state index contributed by atoms with van der Waals surface area (Å²) in [6.07, 6.45) is 1.85. The Bertz CT molecular complexity index is 1530. The lowest BCUT2D eigenvalue weighted by Gasteiger charge is -2.38. The second kappa shape index (κ2) is 30.0. The van der Waals surface area contributed by atoms with E-state index in [0.717, 1.165) is 0 Å². The zero-order chi connectivity index (χ0) is 46.0. The van der Waals surface area contributed by atoms with Crippen LogP contribution in [-0.4, -0.2) is 204 Å². The first-order chi connectivity index (χ1) is 29.8. The van der Waals surface area contributed by atoms with E-state index in [9.17, 15) is 59.4 Å². The second-order valence-electron chi connectivity index (χ2n) is 15.3. The Morgan fingerprint density at radius 2 is 0.887 bits per heavy atom. The summed E-state index contributed by atoms with van der Waals surface area (Å²) in [4.78, 5) is 88.2. The van der Waals surface area contributed by atoms with Crippen LogP contribution >= 0.6 is 0 Å². The number of hydrogen-bond donors (Lipinski definition) is 9. The molecule has 1 aliphatic rings. The molecule has 3 amide bonds. The van der Waals surface area contributed by atoms with Gasteiger partial charge < -0.3 is 56.1 Å². The minimum atomic E-state index is -0.993. The minimum absolute atomic E-state index is 0.133. The number of ketones is 1. The van der Waals surface area contributed by atoms with E-state index >= 15 is 0 Å². The van der Waals surface area contributed by atoms with Crippen LogP contribution in [0, 0.1) is 17.8 Å². The topological polar surface area (TPSA) is 301 Å². The van der Waals surface area contributed by atoms with Crippen LogP contribution in [0.25, 0.3) is 0 Å². The maximum Gasteiger partial charge on any atom is 0.323 e. The van der Waals surface area contributed by atoms with Crippen molar-refractivity contribution in [2.24, 2.45) is 17.8 Å². The molecule has 2 rings (SSSR count). The number of esters is 2. The van der Waals surface area contributed by atoms with Crippen LogP contribution in [0.5, 0.6) is 0 Å². The summed E-state index contributed by atoms with van der Waals surface area (Å²) in [5, 5.41) is 64.4. The van der Waals surface area contributed by atoms with Gasteiger partial charge in [-0.2, -0.15) is 0 Å². The first kappa shape index (κ1) is 53.9. The lowest BCUT2D eigenvalue weighted by Crippen LogP contribution is -2.52. The zero-order valence-corrected chi connectivity index (χ0v) is 36.3. The van der Waals surface area contributed by atoms with Crippen LogP contribution in [0.4, 0.5) is 0 Å². The first-order valence-corrected chi connectivity index (χ1v) is 21.1. The molecule has 1 aliphatic heterocycles. The molecule has 9 N–H and O–H groups in total. The Balaban J connectivity index is 2.52. The molecule has 2 bridgehead atoms. The number of fused-ring (bicyclic) bond motifs is 2. The van der Waals surface area contributed by atoms with Gasteiger partial charge in [0.25, 0.3) is 0 Å². The van der Waals surface area contributed by atoms with Gasteiger partial charge in [-0.05, 0) is 57.6 Å². The highest BCUT2D eigenvalue weighted by Gasteiger charge is 2.33. The highest BCUT2D eigenvalue weighted by molar-refractivity contribution is 5.82. The largest absolute Gasteiger partial charge is 0.468 e. The zero-order valence-electron chi connectivity index (χ0n) is 36.3. The van der Waals surface area contributed by atoms with Crippen LogP contribution in [0.15, 0.2) is 18.2 Å². The van der Waals surface area contributed by atoms with Crippen molar-refractivity contribution in [3.8, 4) is 0 Å². The minimum Gasteiger partial charge on any atom is -0.468 e. The molecular formula is C41H69N7O14. The maximum atomic E-state index is 13.6. The molecule has 0 saturated carbocycles. The number of methoxy groups -OCH3 is 2. The number of ether oxygens (including phenoxy) is 2. The van der Waals surface area contributed by atoms with Gasteiger partial charge in [0, 0.05) is 58.9 Å². The summed E-state index contributed by atoms with van der Waals surface area (Å²) in [6.45, 7) is 0.146. The van der Waals surface area contributed by atoms with E-state index in [4.69, 9.17) is 14.5 Å². The van der Waals surface area contributed by atoms with Crippen molar-refractivity contribution in [3.05, 3.63) is 29.6 Å². The predicted octanol–water partition coefficient (Wildman–Crippen LogP) is -3.47. The van der Waals surface area contributed by atoms with Gasteiger partial charge in [-0.3, -0.25) is 48.5 Å². The Morgan fingerprint density at radius 3 is 1.23 bits per heavy atom. The molecule has 0 spiro atoms. The number of carbonyl (C=O) groups is 6. The molecular weight excluding hydrogens is 814 g/mol. The van der Waals surface area contributed by atoms with Gasteiger partial charge in [0.1, 0.15) is 17.9 Å². The highest BCUT2D eigenvalue weighted by atomic mass is 16.5. The van der Waals surface area contributed by atoms with Crippen molar-refractivity contribution in [1.82, 2.24) is 35.6 Å². The molecule has 0 fully saturated rings. The number of nitrogens with zero attached hydrogens (tertiary/aromatic N) is 4. The van der Waals surface area contributed by atoms with Crippen LogP contribution in [0.1, 0.15) is 56.8 Å². The molecule has 2 heterocycles. The van der Waals surface area contributed by atoms with Crippen molar-refractivity contribution >= 4 is 35.4 Å². The monoisotopic (exact) mass is 883 g/mol. The van der Waals surface area contributed by atoms with E-state index in [1.807, 2.05) is 32.9 Å². The van der Waals surface area contributed by atoms with E-state index in [0.29, 0.717) is 37.1 Å². The summed E-state index contributed by atoms with van der Waals surface area (Å²) in [7, 11) is 2.54. The number of amides is 3. The van der Waals surface area contributed by atoms with E-state index in [2.05, 4.69) is 16.0 Å². The van der Waals surface area contributed by atoms with E-state index in [-0.39, 0.29) is 77.5 Å². The van der Waals surface area contributed by atoms with Crippen molar-refractivity contribution in [3.63, 3.8) is 0 Å². The lowest BCUT2D eigenvalue weighted by molar-refractivity contribution is -0.150. The smallest absolute Gasteiger partial charge is 0.323 e. The molecule has 1 aromatic heterocycles. The van der Waals surface area contributed by atoms with Crippen LogP contribution in [0.3, 0.4) is 0 Å². The van der Waals surface area contributed by atoms with E-state index in [1.165, 1.54) is 21.1 Å². The SMILES string of the molecule is COC(=O)C(CCCNC(=O)C(CO)CO)N1CCN(C(CCCNC(=O)C(CO)CO)C(C)=O)Cc2cccc(n2)CN(C(CCCNC(=O)C(CO)CO)C(=O)OC)CC1. The molecule has 21 heteroatoms. The fourth-order valence-corrected chi connectivity index (χ4v) is 7.19. The molecule has 1 aromatic rings. The van der Waals surface area contributed by atoms with Crippen molar-refractivity contribution in [2.75, 3.05) is 99.7 Å².